The van der Waals surface area contributed by atoms with E-state index in [9.17, 15) is 4.79 Å². The maximum atomic E-state index is 12.6. The zero-order valence-corrected chi connectivity index (χ0v) is 17.7. The first-order chi connectivity index (χ1) is 13.5. The number of hydrogen-bond donors (Lipinski definition) is 0. The summed E-state index contributed by atoms with van der Waals surface area (Å²) in [5.74, 6) is 0.958. The molecule has 0 unspecified atom stereocenters. The van der Waals surface area contributed by atoms with E-state index in [2.05, 4.69) is 15.9 Å². The molecule has 28 heavy (non-hydrogen) atoms. The number of ether oxygens (including phenoxy) is 1. The molecule has 5 nitrogen and oxygen atoms in total. The van der Waals surface area contributed by atoms with Gasteiger partial charge in [-0.25, -0.2) is 0 Å². The molecule has 0 spiro atoms. The highest BCUT2D eigenvalue weighted by molar-refractivity contribution is 6.42. The number of anilines is 1. The molecule has 0 aromatic heterocycles. The molecule has 1 fully saturated rings. The van der Waals surface area contributed by atoms with Gasteiger partial charge in [0.1, 0.15) is 5.75 Å². The fourth-order valence-corrected chi connectivity index (χ4v) is 3.60. The van der Waals surface area contributed by atoms with E-state index in [1.54, 1.807) is 24.1 Å². The van der Waals surface area contributed by atoms with Gasteiger partial charge >= 0.3 is 0 Å². The van der Waals surface area contributed by atoms with Gasteiger partial charge in [-0.3, -0.25) is 9.69 Å². The number of amides is 1. The molecule has 0 atom stereocenters. The molecule has 2 aromatic rings. The summed E-state index contributed by atoms with van der Waals surface area (Å²) in [6, 6.07) is 13.5. The van der Waals surface area contributed by atoms with Gasteiger partial charge in [0.05, 0.1) is 23.7 Å². The van der Waals surface area contributed by atoms with Crippen LogP contribution in [0, 0.1) is 0 Å². The van der Waals surface area contributed by atoms with Crippen LogP contribution in [0.25, 0.3) is 0 Å². The van der Waals surface area contributed by atoms with Gasteiger partial charge < -0.3 is 14.5 Å². The second-order valence-electron chi connectivity index (χ2n) is 6.96. The van der Waals surface area contributed by atoms with Crippen LogP contribution in [0.3, 0.4) is 0 Å². The molecule has 1 heterocycles. The highest BCUT2D eigenvalue weighted by Crippen LogP contribution is 2.24. The van der Waals surface area contributed by atoms with Crippen molar-refractivity contribution < 1.29 is 9.53 Å². The average Bonchev–Trinajstić information content (AvgIpc) is 2.71. The number of nitrogens with zero attached hydrogens (tertiary/aromatic N) is 3. The predicted molar refractivity (Wildman–Crippen MR) is 115 cm³/mol. The zero-order valence-electron chi connectivity index (χ0n) is 16.2. The second-order valence-corrected chi connectivity index (χ2v) is 7.78. The molecule has 0 saturated carbocycles. The quantitative estimate of drug-likeness (QED) is 0.710. The van der Waals surface area contributed by atoms with Crippen molar-refractivity contribution in [3.63, 3.8) is 0 Å². The van der Waals surface area contributed by atoms with Crippen LogP contribution in [0.4, 0.5) is 5.69 Å². The number of likely N-dealkylation sites (N-methyl/N-ethyl adjacent to an activating group) is 1. The fourth-order valence-electron chi connectivity index (χ4n) is 3.28. The molecule has 1 saturated heterocycles. The van der Waals surface area contributed by atoms with Crippen LogP contribution in [0.15, 0.2) is 42.5 Å². The van der Waals surface area contributed by atoms with Crippen molar-refractivity contribution in [2.24, 2.45) is 0 Å². The molecule has 0 aliphatic carbocycles. The number of carbonyl (C=O) groups excluding carboxylic acids is 1. The molecule has 7 heteroatoms. The summed E-state index contributed by atoms with van der Waals surface area (Å²) < 4.78 is 5.31. The molecule has 3 rings (SSSR count). The molecular weight excluding hydrogens is 397 g/mol. The van der Waals surface area contributed by atoms with Gasteiger partial charge in [0.2, 0.25) is 5.91 Å². The molecular formula is C21H25Cl2N3O2. The Morgan fingerprint density at radius 2 is 1.82 bits per heavy atom. The minimum Gasteiger partial charge on any atom is -0.497 e. The molecule has 0 bridgehead atoms. The highest BCUT2D eigenvalue weighted by Gasteiger charge is 2.21. The first-order valence-corrected chi connectivity index (χ1v) is 10.0. The Bertz CT molecular complexity index is 823. The Hall–Kier alpha value is -1.95. The monoisotopic (exact) mass is 421 g/mol. The van der Waals surface area contributed by atoms with Gasteiger partial charge in [-0.15, -0.1) is 0 Å². The van der Waals surface area contributed by atoms with Gasteiger partial charge in [-0.2, -0.15) is 0 Å². The lowest BCUT2D eigenvalue weighted by Gasteiger charge is -2.36. The number of carbonyl (C=O) groups is 1. The summed E-state index contributed by atoms with van der Waals surface area (Å²) >= 11 is 12.0. The number of rotatable bonds is 6. The third kappa shape index (κ3) is 5.31. The first kappa shape index (κ1) is 20.8. The molecule has 1 amide bonds. The maximum Gasteiger partial charge on any atom is 0.236 e. The van der Waals surface area contributed by atoms with Crippen LogP contribution in [-0.4, -0.2) is 62.6 Å². The van der Waals surface area contributed by atoms with Gasteiger partial charge in [-0.05, 0) is 29.8 Å². The van der Waals surface area contributed by atoms with E-state index in [1.807, 2.05) is 31.3 Å². The number of methoxy groups -OCH3 is 1. The molecule has 1 aliphatic rings. The van der Waals surface area contributed by atoms with E-state index in [0.29, 0.717) is 23.1 Å². The smallest absolute Gasteiger partial charge is 0.236 e. The lowest BCUT2D eigenvalue weighted by Crippen LogP contribution is -2.49. The Morgan fingerprint density at radius 3 is 2.50 bits per heavy atom. The minimum atomic E-state index is 0.0981. The molecule has 2 aromatic carbocycles. The van der Waals surface area contributed by atoms with Crippen molar-refractivity contribution in [3.05, 3.63) is 58.1 Å². The molecule has 1 aliphatic heterocycles. The van der Waals surface area contributed by atoms with Gasteiger partial charge in [0, 0.05) is 51.5 Å². The van der Waals surface area contributed by atoms with Gasteiger partial charge in [0.15, 0.2) is 0 Å². The van der Waals surface area contributed by atoms with E-state index >= 15 is 0 Å². The number of benzene rings is 2. The van der Waals surface area contributed by atoms with Crippen molar-refractivity contribution in [1.82, 2.24) is 9.80 Å². The van der Waals surface area contributed by atoms with E-state index in [0.717, 1.165) is 43.2 Å². The summed E-state index contributed by atoms with van der Waals surface area (Å²) in [7, 11) is 3.49. The molecule has 0 radical (unpaired) electrons. The Morgan fingerprint density at radius 1 is 1.07 bits per heavy atom. The van der Waals surface area contributed by atoms with Crippen LogP contribution in [-0.2, 0) is 11.3 Å². The van der Waals surface area contributed by atoms with E-state index in [4.69, 9.17) is 27.9 Å². The van der Waals surface area contributed by atoms with Crippen molar-refractivity contribution in [3.8, 4) is 5.75 Å². The topological polar surface area (TPSA) is 36.0 Å². The molecule has 0 N–H and O–H groups in total. The number of halogens is 2. The lowest BCUT2D eigenvalue weighted by atomic mass is 10.2. The standard InChI is InChI=1S/C21H25Cl2N3O2/c1-24(14-16-6-7-19(22)20(23)12-16)21(27)15-25-8-10-26(11-9-25)17-4-3-5-18(13-17)28-2/h3-7,12-13H,8-11,14-15H2,1-2H3. The largest absolute Gasteiger partial charge is 0.497 e. The van der Waals surface area contributed by atoms with Crippen molar-refractivity contribution in [1.29, 1.82) is 0 Å². The third-order valence-electron chi connectivity index (χ3n) is 4.98. The SMILES string of the molecule is COc1cccc(N2CCN(CC(=O)N(C)Cc3ccc(Cl)c(Cl)c3)CC2)c1. The van der Waals surface area contributed by atoms with Gasteiger partial charge in [-0.1, -0.05) is 35.3 Å². The van der Waals surface area contributed by atoms with Crippen molar-refractivity contribution in [2.45, 2.75) is 6.54 Å². The predicted octanol–water partition coefficient (Wildman–Crippen LogP) is 3.78. The van der Waals surface area contributed by atoms with Crippen LogP contribution < -0.4 is 9.64 Å². The summed E-state index contributed by atoms with van der Waals surface area (Å²) in [4.78, 5) is 18.8. The number of hydrogen-bond acceptors (Lipinski definition) is 4. The maximum absolute atomic E-state index is 12.6. The summed E-state index contributed by atoms with van der Waals surface area (Å²) in [5, 5.41) is 1.03. The van der Waals surface area contributed by atoms with Crippen LogP contribution >= 0.6 is 23.2 Å². The average molecular weight is 422 g/mol. The zero-order chi connectivity index (χ0) is 20.1. The summed E-state index contributed by atoms with van der Waals surface area (Å²) in [6.07, 6.45) is 0. The third-order valence-corrected chi connectivity index (χ3v) is 5.72. The van der Waals surface area contributed by atoms with E-state index in [1.165, 1.54) is 0 Å². The van der Waals surface area contributed by atoms with E-state index < -0.39 is 0 Å². The van der Waals surface area contributed by atoms with Crippen LogP contribution in [0.2, 0.25) is 10.0 Å². The Kier molecular flexibility index (Phi) is 7.05. The Balaban J connectivity index is 1.49. The second kappa shape index (κ2) is 9.50. The summed E-state index contributed by atoms with van der Waals surface area (Å²) in [6.45, 7) is 4.41. The first-order valence-electron chi connectivity index (χ1n) is 9.25. The Labute approximate surface area is 176 Å². The van der Waals surface area contributed by atoms with Crippen molar-refractivity contribution >= 4 is 34.8 Å². The van der Waals surface area contributed by atoms with Crippen molar-refractivity contribution in [2.75, 3.05) is 51.8 Å². The highest BCUT2D eigenvalue weighted by atomic mass is 35.5. The van der Waals surface area contributed by atoms with E-state index in [-0.39, 0.29) is 5.91 Å². The minimum absolute atomic E-state index is 0.0981. The normalized spacial score (nSPS) is 14.8. The van der Waals surface area contributed by atoms with Crippen LogP contribution in [0.1, 0.15) is 5.56 Å². The molecule has 150 valence electrons. The lowest BCUT2D eigenvalue weighted by molar-refractivity contribution is -0.131. The van der Waals surface area contributed by atoms with Crippen LogP contribution in [0.5, 0.6) is 5.75 Å². The van der Waals surface area contributed by atoms with Gasteiger partial charge in [0.25, 0.3) is 0 Å². The fraction of sp³-hybridized carbons (Fsp3) is 0.381. The number of piperazine rings is 1. The summed E-state index contributed by atoms with van der Waals surface area (Å²) in [5.41, 5.74) is 2.12.